The van der Waals surface area contributed by atoms with Gasteiger partial charge in [-0.1, -0.05) is 0 Å². The number of alkyl halides is 1. The summed E-state index contributed by atoms with van der Waals surface area (Å²) >= 11 is 0. The lowest BCUT2D eigenvalue weighted by atomic mass is 10.0. The van der Waals surface area contributed by atoms with Gasteiger partial charge in [0.2, 0.25) is 0 Å². The quantitative estimate of drug-likeness (QED) is 0.646. The number of likely N-dealkylation sites (tertiary alicyclic amines) is 1. The number of hydrogen-bond acceptors (Lipinski definition) is 2. The van der Waals surface area contributed by atoms with E-state index in [-0.39, 0.29) is 0 Å². The van der Waals surface area contributed by atoms with E-state index in [1.807, 2.05) is 0 Å². The minimum Gasteiger partial charge on any atom is -0.322 e. The summed E-state index contributed by atoms with van der Waals surface area (Å²) < 4.78 is 12.4. The molecule has 3 heteroatoms. The first-order chi connectivity index (χ1) is 5.07. The van der Waals surface area contributed by atoms with Crippen LogP contribution in [0.3, 0.4) is 0 Å². The third-order valence-electron chi connectivity index (χ3n) is 2.41. The number of halogens is 1. The zero-order chi connectivity index (χ0) is 8.48. The largest absolute Gasteiger partial charge is 0.322 e. The fraction of sp³-hybridized carbons (Fsp3) is 1.00. The molecule has 1 saturated heterocycles. The van der Waals surface area contributed by atoms with E-state index < -0.39 is 12.2 Å². The Labute approximate surface area is 67.6 Å². The molecular formula is C8H17FN2. The molecule has 0 amide bonds. The third kappa shape index (κ3) is 1.91. The van der Waals surface area contributed by atoms with Crippen LogP contribution in [0.5, 0.6) is 0 Å². The first kappa shape index (κ1) is 8.94. The fourth-order valence-electron chi connectivity index (χ4n) is 1.48. The Kier molecular flexibility index (Phi) is 2.50. The maximum Gasteiger partial charge on any atom is 0.109 e. The summed E-state index contributed by atoms with van der Waals surface area (Å²) in [6.45, 7) is 5.49. The average Bonchev–Trinajstić information content (AvgIpc) is 2.33. The molecule has 66 valence electrons. The van der Waals surface area contributed by atoms with E-state index in [1.54, 1.807) is 0 Å². The van der Waals surface area contributed by atoms with Gasteiger partial charge in [-0.05, 0) is 20.3 Å². The van der Waals surface area contributed by atoms with Crippen LogP contribution in [0.4, 0.5) is 4.39 Å². The Balaban J connectivity index is 2.46. The molecule has 0 aliphatic carbocycles. The predicted molar refractivity (Wildman–Crippen MR) is 44.2 cm³/mol. The lowest BCUT2D eigenvalue weighted by molar-refractivity contribution is 0.238. The van der Waals surface area contributed by atoms with Gasteiger partial charge in [-0.2, -0.15) is 0 Å². The highest BCUT2D eigenvalue weighted by Crippen LogP contribution is 2.20. The van der Waals surface area contributed by atoms with Crippen LogP contribution >= 0.6 is 0 Å². The highest BCUT2D eigenvalue weighted by atomic mass is 19.1. The van der Waals surface area contributed by atoms with Crippen molar-refractivity contribution in [3.63, 3.8) is 0 Å². The topological polar surface area (TPSA) is 29.3 Å². The van der Waals surface area contributed by atoms with Gasteiger partial charge in [0.1, 0.15) is 6.67 Å². The molecule has 2 N–H and O–H groups in total. The van der Waals surface area contributed by atoms with Gasteiger partial charge in [0.25, 0.3) is 0 Å². The molecule has 1 fully saturated rings. The van der Waals surface area contributed by atoms with Gasteiger partial charge < -0.3 is 5.73 Å². The van der Waals surface area contributed by atoms with Crippen molar-refractivity contribution >= 4 is 0 Å². The van der Waals surface area contributed by atoms with Gasteiger partial charge in [-0.15, -0.1) is 0 Å². The molecule has 1 aliphatic heterocycles. The summed E-state index contributed by atoms with van der Waals surface area (Å²) in [6, 6.07) is 0.493. The van der Waals surface area contributed by atoms with Crippen LogP contribution in [0.15, 0.2) is 0 Å². The minimum atomic E-state index is -0.551. The van der Waals surface area contributed by atoms with Crippen molar-refractivity contribution in [1.29, 1.82) is 0 Å². The zero-order valence-corrected chi connectivity index (χ0v) is 7.31. The molecule has 0 saturated carbocycles. The maximum absolute atomic E-state index is 12.4. The highest BCUT2D eigenvalue weighted by molar-refractivity contribution is 4.94. The smallest absolute Gasteiger partial charge is 0.109 e. The first-order valence-electron chi connectivity index (χ1n) is 4.16. The average molecular weight is 160 g/mol. The van der Waals surface area contributed by atoms with Crippen molar-refractivity contribution in [3.8, 4) is 0 Å². The van der Waals surface area contributed by atoms with Crippen molar-refractivity contribution < 1.29 is 4.39 Å². The molecule has 0 radical (unpaired) electrons. The Morgan fingerprint density at radius 1 is 1.64 bits per heavy atom. The zero-order valence-electron chi connectivity index (χ0n) is 7.31. The van der Waals surface area contributed by atoms with E-state index in [2.05, 4.69) is 18.7 Å². The van der Waals surface area contributed by atoms with Gasteiger partial charge >= 0.3 is 0 Å². The predicted octanol–water partition coefficient (Wildman–Crippen LogP) is 0.767. The summed E-state index contributed by atoms with van der Waals surface area (Å²) in [6.07, 6.45) is 0.793. The summed E-state index contributed by atoms with van der Waals surface area (Å²) in [5.74, 6) is 0. The maximum atomic E-state index is 12.4. The molecule has 11 heavy (non-hydrogen) atoms. The molecule has 0 aromatic heterocycles. The second-order valence-corrected chi connectivity index (χ2v) is 3.81. The lowest BCUT2D eigenvalue weighted by Crippen LogP contribution is -2.45. The van der Waals surface area contributed by atoms with Crippen molar-refractivity contribution in [1.82, 2.24) is 4.90 Å². The lowest BCUT2D eigenvalue weighted by Gasteiger charge is -2.23. The molecule has 2 nitrogen and oxygen atoms in total. The number of hydrogen-bond donors (Lipinski definition) is 1. The molecule has 0 unspecified atom stereocenters. The third-order valence-corrected chi connectivity index (χ3v) is 2.41. The minimum absolute atomic E-state index is 0.393. The SMILES string of the molecule is CC(C)N1CC[C@@](N)(CF)C1. The van der Waals surface area contributed by atoms with Gasteiger partial charge in [-0.3, -0.25) is 4.90 Å². The number of rotatable bonds is 2. The van der Waals surface area contributed by atoms with Crippen LogP contribution < -0.4 is 5.73 Å². The van der Waals surface area contributed by atoms with Crippen LogP contribution in [0, 0.1) is 0 Å². The van der Waals surface area contributed by atoms with Gasteiger partial charge in [0.05, 0.1) is 5.54 Å². The van der Waals surface area contributed by atoms with Crippen LogP contribution in [0.1, 0.15) is 20.3 Å². The number of nitrogens with two attached hydrogens (primary N) is 1. The summed E-state index contributed by atoms with van der Waals surface area (Å²) in [5.41, 5.74) is 5.22. The van der Waals surface area contributed by atoms with E-state index in [0.29, 0.717) is 12.6 Å². The normalized spacial score (nSPS) is 33.5. The molecule has 1 rings (SSSR count). The summed E-state index contributed by atoms with van der Waals surface area (Å²) in [7, 11) is 0. The second kappa shape index (κ2) is 3.07. The summed E-state index contributed by atoms with van der Waals surface area (Å²) in [4.78, 5) is 2.22. The Bertz CT molecular complexity index is 138. The molecule has 1 atom stereocenters. The van der Waals surface area contributed by atoms with Crippen molar-refractivity contribution in [2.24, 2.45) is 5.73 Å². The fourth-order valence-corrected chi connectivity index (χ4v) is 1.48. The Hall–Kier alpha value is -0.150. The van der Waals surface area contributed by atoms with Crippen LogP contribution in [-0.2, 0) is 0 Å². The molecule has 1 aliphatic rings. The van der Waals surface area contributed by atoms with Crippen molar-refractivity contribution in [2.45, 2.75) is 31.8 Å². The number of nitrogens with zero attached hydrogens (tertiary/aromatic N) is 1. The van der Waals surface area contributed by atoms with Crippen LogP contribution in [0.2, 0.25) is 0 Å². The first-order valence-corrected chi connectivity index (χ1v) is 4.16. The van der Waals surface area contributed by atoms with E-state index in [9.17, 15) is 4.39 Å². The van der Waals surface area contributed by atoms with Gasteiger partial charge in [-0.25, -0.2) is 4.39 Å². The second-order valence-electron chi connectivity index (χ2n) is 3.81. The molecule has 0 spiro atoms. The molecule has 1 heterocycles. The summed E-state index contributed by atoms with van der Waals surface area (Å²) in [5, 5.41) is 0. The molecular weight excluding hydrogens is 143 g/mol. The standard InChI is InChI=1S/C8H17FN2/c1-7(2)11-4-3-8(10,5-9)6-11/h7H,3-6,10H2,1-2H3/t8-/m1/s1. The molecule has 0 aromatic rings. The van der Waals surface area contributed by atoms with Crippen molar-refractivity contribution in [3.05, 3.63) is 0 Å². The van der Waals surface area contributed by atoms with Crippen LogP contribution in [0.25, 0.3) is 0 Å². The Morgan fingerprint density at radius 2 is 2.27 bits per heavy atom. The van der Waals surface area contributed by atoms with E-state index in [0.717, 1.165) is 13.0 Å². The van der Waals surface area contributed by atoms with Crippen molar-refractivity contribution in [2.75, 3.05) is 19.8 Å². The molecule has 0 bridgehead atoms. The van der Waals surface area contributed by atoms with E-state index in [1.165, 1.54) is 0 Å². The Morgan fingerprint density at radius 3 is 2.55 bits per heavy atom. The van der Waals surface area contributed by atoms with E-state index >= 15 is 0 Å². The van der Waals surface area contributed by atoms with Gasteiger partial charge in [0.15, 0.2) is 0 Å². The molecule has 0 aromatic carbocycles. The highest BCUT2D eigenvalue weighted by Gasteiger charge is 2.35. The van der Waals surface area contributed by atoms with Crippen LogP contribution in [-0.4, -0.2) is 36.2 Å². The van der Waals surface area contributed by atoms with E-state index in [4.69, 9.17) is 5.73 Å². The van der Waals surface area contributed by atoms with Gasteiger partial charge in [0, 0.05) is 19.1 Å². The monoisotopic (exact) mass is 160 g/mol.